The minimum Gasteiger partial charge on any atom is -0.493 e. The standard InChI is InChI=1S/C31H30N2O5/c1-22-29(32-30(37-22)25-8-4-2-5-9-25)16-17-36-27-14-12-23(13-15-27)18-26-19-24(21-34)20-33(26)31(35)38-28-10-6-3-7-11-28/h2-15,21,24,26H,16-20H2,1H3/t24-,26-/m1/s1. The SMILES string of the molecule is Cc1oc(-c2ccccc2)nc1CCOc1ccc(C[C@@H]2C[C@@H](C=O)CN2C(=O)Oc2ccccc2)cc1. The highest BCUT2D eigenvalue weighted by molar-refractivity contribution is 5.72. The number of para-hydroxylation sites is 1. The van der Waals surface area contributed by atoms with E-state index >= 15 is 0 Å². The van der Waals surface area contributed by atoms with Gasteiger partial charge in [-0.25, -0.2) is 9.78 Å². The van der Waals surface area contributed by atoms with Gasteiger partial charge in [0.2, 0.25) is 5.89 Å². The van der Waals surface area contributed by atoms with Crippen molar-refractivity contribution in [1.29, 1.82) is 0 Å². The van der Waals surface area contributed by atoms with Gasteiger partial charge in [0.25, 0.3) is 0 Å². The van der Waals surface area contributed by atoms with Crippen LogP contribution in [0.15, 0.2) is 89.3 Å². The Morgan fingerprint density at radius 1 is 1.00 bits per heavy atom. The fraction of sp³-hybridized carbons (Fsp3) is 0.258. The van der Waals surface area contributed by atoms with Crippen molar-refractivity contribution in [2.24, 2.45) is 5.92 Å². The lowest BCUT2D eigenvalue weighted by atomic mass is 10.0. The summed E-state index contributed by atoms with van der Waals surface area (Å²) in [7, 11) is 0. The van der Waals surface area contributed by atoms with Crippen LogP contribution in [0.25, 0.3) is 11.5 Å². The van der Waals surface area contributed by atoms with Crippen molar-refractivity contribution in [2.45, 2.75) is 32.2 Å². The van der Waals surface area contributed by atoms with E-state index in [9.17, 15) is 9.59 Å². The van der Waals surface area contributed by atoms with Crippen LogP contribution in [0.5, 0.6) is 11.5 Å². The molecule has 38 heavy (non-hydrogen) atoms. The molecule has 194 valence electrons. The number of aryl methyl sites for hydroxylation is 1. The number of nitrogens with zero attached hydrogens (tertiary/aromatic N) is 2. The summed E-state index contributed by atoms with van der Waals surface area (Å²) < 4.78 is 17.3. The van der Waals surface area contributed by atoms with Crippen LogP contribution >= 0.6 is 0 Å². The normalized spacial score (nSPS) is 16.8. The molecule has 1 amide bonds. The summed E-state index contributed by atoms with van der Waals surface area (Å²) in [6.07, 6.45) is 2.39. The van der Waals surface area contributed by atoms with E-state index < -0.39 is 6.09 Å². The van der Waals surface area contributed by atoms with Crippen molar-refractivity contribution >= 4 is 12.4 Å². The molecule has 0 aliphatic carbocycles. The first kappa shape index (κ1) is 25.3. The lowest BCUT2D eigenvalue weighted by molar-refractivity contribution is -0.110. The number of amides is 1. The Hall–Kier alpha value is -4.39. The maximum absolute atomic E-state index is 12.8. The third-order valence-corrected chi connectivity index (χ3v) is 6.74. The van der Waals surface area contributed by atoms with E-state index in [2.05, 4.69) is 4.98 Å². The maximum atomic E-state index is 12.8. The quantitative estimate of drug-likeness (QED) is 0.261. The molecular weight excluding hydrogens is 480 g/mol. The van der Waals surface area contributed by atoms with Crippen LogP contribution in [0.1, 0.15) is 23.4 Å². The van der Waals surface area contributed by atoms with Crippen molar-refractivity contribution in [3.8, 4) is 23.0 Å². The molecule has 1 aliphatic rings. The van der Waals surface area contributed by atoms with E-state index in [4.69, 9.17) is 13.9 Å². The molecule has 3 aromatic carbocycles. The monoisotopic (exact) mass is 510 g/mol. The Kier molecular flexibility index (Phi) is 7.83. The molecule has 0 spiro atoms. The molecule has 2 heterocycles. The second-order valence-electron chi connectivity index (χ2n) is 9.45. The number of hydrogen-bond acceptors (Lipinski definition) is 6. The summed E-state index contributed by atoms with van der Waals surface area (Å²) in [4.78, 5) is 30.6. The molecule has 7 nitrogen and oxygen atoms in total. The Bertz CT molecular complexity index is 1350. The smallest absolute Gasteiger partial charge is 0.415 e. The third-order valence-electron chi connectivity index (χ3n) is 6.74. The topological polar surface area (TPSA) is 81.9 Å². The molecule has 5 rings (SSSR count). The van der Waals surface area contributed by atoms with Crippen LogP contribution in [0.2, 0.25) is 0 Å². The number of likely N-dealkylation sites (tertiary alicyclic amines) is 1. The molecule has 1 aliphatic heterocycles. The third kappa shape index (κ3) is 6.11. The Balaban J connectivity index is 1.15. The summed E-state index contributed by atoms with van der Waals surface area (Å²) in [5.41, 5.74) is 2.90. The summed E-state index contributed by atoms with van der Waals surface area (Å²) in [5, 5.41) is 0. The van der Waals surface area contributed by atoms with Crippen molar-refractivity contribution in [2.75, 3.05) is 13.2 Å². The van der Waals surface area contributed by atoms with Gasteiger partial charge in [0.1, 0.15) is 23.5 Å². The van der Waals surface area contributed by atoms with Gasteiger partial charge >= 0.3 is 6.09 Å². The molecule has 1 aromatic heterocycles. The minimum atomic E-state index is -0.427. The van der Waals surface area contributed by atoms with E-state index in [1.165, 1.54) is 0 Å². The number of carbonyl (C=O) groups is 2. The van der Waals surface area contributed by atoms with Gasteiger partial charge in [-0.15, -0.1) is 0 Å². The maximum Gasteiger partial charge on any atom is 0.415 e. The second kappa shape index (κ2) is 11.8. The number of benzene rings is 3. The Morgan fingerprint density at radius 3 is 2.42 bits per heavy atom. The average molecular weight is 511 g/mol. The van der Waals surface area contributed by atoms with E-state index in [-0.39, 0.29) is 12.0 Å². The van der Waals surface area contributed by atoms with Gasteiger partial charge in [0, 0.05) is 30.5 Å². The molecule has 0 saturated carbocycles. The van der Waals surface area contributed by atoms with Crippen LogP contribution in [-0.4, -0.2) is 41.5 Å². The van der Waals surface area contributed by atoms with Crippen LogP contribution in [-0.2, 0) is 17.6 Å². The fourth-order valence-corrected chi connectivity index (χ4v) is 4.74. The average Bonchev–Trinajstić information content (AvgIpc) is 3.54. The summed E-state index contributed by atoms with van der Waals surface area (Å²) in [6.45, 7) is 2.76. The van der Waals surface area contributed by atoms with Crippen molar-refractivity contribution in [3.63, 3.8) is 0 Å². The zero-order chi connectivity index (χ0) is 26.3. The van der Waals surface area contributed by atoms with Crippen molar-refractivity contribution in [1.82, 2.24) is 9.88 Å². The second-order valence-corrected chi connectivity index (χ2v) is 9.45. The highest BCUT2D eigenvalue weighted by Crippen LogP contribution is 2.27. The van der Waals surface area contributed by atoms with Gasteiger partial charge in [0.15, 0.2) is 0 Å². The summed E-state index contributed by atoms with van der Waals surface area (Å²) in [5.74, 6) is 2.48. The molecule has 1 saturated heterocycles. The van der Waals surface area contributed by atoms with Gasteiger partial charge in [-0.2, -0.15) is 0 Å². The molecule has 0 N–H and O–H groups in total. The van der Waals surface area contributed by atoms with Gasteiger partial charge in [-0.3, -0.25) is 0 Å². The number of aromatic nitrogens is 1. The highest BCUT2D eigenvalue weighted by Gasteiger charge is 2.36. The van der Waals surface area contributed by atoms with Crippen molar-refractivity contribution in [3.05, 3.63) is 102 Å². The van der Waals surface area contributed by atoms with Gasteiger partial charge in [-0.05, 0) is 61.7 Å². The van der Waals surface area contributed by atoms with Gasteiger partial charge in [-0.1, -0.05) is 48.5 Å². The minimum absolute atomic E-state index is 0.109. The lowest BCUT2D eigenvalue weighted by Crippen LogP contribution is -2.39. The van der Waals surface area contributed by atoms with Crippen LogP contribution in [0.4, 0.5) is 4.79 Å². The van der Waals surface area contributed by atoms with E-state index in [1.807, 2.05) is 79.7 Å². The van der Waals surface area contributed by atoms with E-state index in [0.717, 1.165) is 34.6 Å². The molecule has 0 radical (unpaired) electrons. The number of aldehydes is 1. The predicted molar refractivity (Wildman–Crippen MR) is 143 cm³/mol. The first-order valence-electron chi connectivity index (χ1n) is 12.8. The number of rotatable bonds is 9. The molecule has 7 heteroatoms. The van der Waals surface area contributed by atoms with Crippen LogP contribution < -0.4 is 9.47 Å². The van der Waals surface area contributed by atoms with Crippen molar-refractivity contribution < 1.29 is 23.5 Å². The molecule has 4 aromatic rings. The summed E-state index contributed by atoms with van der Waals surface area (Å²) in [6, 6.07) is 26.6. The fourth-order valence-electron chi connectivity index (χ4n) is 4.74. The van der Waals surface area contributed by atoms with Gasteiger partial charge < -0.3 is 23.6 Å². The number of hydrogen-bond donors (Lipinski definition) is 0. The molecule has 1 fully saturated rings. The highest BCUT2D eigenvalue weighted by atomic mass is 16.6. The molecule has 0 bridgehead atoms. The zero-order valence-corrected chi connectivity index (χ0v) is 21.3. The first-order valence-corrected chi connectivity index (χ1v) is 12.8. The zero-order valence-electron chi connectivity index (χ0n) is 21.3. The van der Waals surface area contributed by atoms with E-state index in [1.54, 1.807) is 17.0 Å². The Labute approximate surface area is 222 Å². The summed E-state index contributed by atoms with van der Waals surface area (Å²) >= 11 is 0. The Morgan fingerprint density at radius 2 is 1.71 bits per heavy atom. The van der Waals surface area contributed by atoms with Crippen LogP contribution in [0.3, 0.4) is 0 Å². The van der Waals surface area contributed by atoms with E-state index in [0.29, 0.717) is 44.1 Å². The molecule has 0 unspecified atom stereocenters. The largest absolute Gasteiger partial charge is 0.493 e. The lowest BCUT2D eigenvalue weighted by Gasteiger charge is -2.24. The predicted octanol–water partition coefficient (Wildman–Crippen LogP) is 5.90. The first-order chi connectivity index (χ1) is 18.6. The molecular formula is C31H30N2O5. The molecule has 2 atom stereocenters. The van der Waals surface area contributed by atoms with Gasteiger partial charge in [0.05, 0.1) is 12.3 Å². The number of oxazole rings is 1. The number of ether oxygens (including phenoxy) is 2. The van der Waals surface area contributed by atoms with Crippen LogP contribution in [0, 0.1) is 12.8 Å². The number of carbonyl (C=O) groups excluding carboxylic acids is 2.